The fourth-order valence-corrected chi connectivity index (χ4v) is 12.6. The second-order valence-electron chi connectivity index (χ2n) is 23.1. The molecule has 0 spiro atoms. The first-order valence-corrected chi connectivity index (χ1v) is 33.6. The zero-order valence-corrected chi connectivity index (χ0v) is 54.9. The average molecular weight is 1360 g/mol. The lowest BCUT2D eigenvalue weighted by molar-refractivity contribution is -0.140. The number of benzene rings is 3. The average Bonchev–Trinajstić information content (AvgIpc) is 1.77. The summed E-state index contributed by atoms with van der Waals surface area (Å²) in [5, 5.41) is 80.5. The third kappa shape index (κ3) is 27.2. The minimum Gasteiger partial charge on any atom is -0.481 e. The summed E-state index contributed by atoms with van der Waals surface area (Å²) < 4.78 is 0. The number of unbranched alkanes of at least 4 members (excludes halogenated alkanes) is 1. The van der Waals surface area contributed by atoms with Gasteiger partial charge in [0.2, 0.25) is 47.3 Å². The maximum absolute atomic E-state index is 15.2. The number of nitrogens with two attached hydrogens (primary N) is 1. The summed E-state index contributed by atoms with van der Waals surface area (Å²) in [7, 11) is 1.90. The molecule has 0 aliphatic carbocycles. The lowest BCUT2D eigenvalue weighted by atomic mass is 10.0. The summed E-state index contributed by atoms with van der Waals surface area (Å²) in [4.78, 5) is 158. The number of para-hydroxylation sites is 1. The molecule has 3 aromatic carbocycles. The second kappa shape index (κ2) is 40.2. The number of hydrogen-bond acceptors (Lipinski definition) is 20. The number of amides is 8. The van der Waals surface area contributed by atoms with Crippen molar-refractivity contribution in [2.75, 3.05) is 83.6 Å². The fraction of sp³-hybridized carbons (Fsp3) is 0.508. The van der Waals surface area contributed by atoms with Crippen molar-refractivity contribution in [3.63, 3.8) is 0 Å². The monoisotopic (exact) mass is 1360 g/mol. The highest BCUT2D eigenvalue weighted by molar-refractivity contribution is 8.76. The van der Waals surface area contributed by atoms with Crippen LogP contribution < -0.4 is 48.3 Å². The predicted octanol–water partition coefficient (Wildman–Crippen LogP) is -2.47. The Morgan fingerprint density at radius 2 is 1.14 bits per heavy atom. The number of aromatic amines is 1. The SMILES string of the molecule is CC(=O)O.C[C@@H](O)C1NC(=O)[C@H](CCCCN)NC(=O)C(Cc2c[nH]c3ccccc23)NC(=O)[C@H](Cc2ccccc2)NC(=O)C(NC(=O)[C@@H](Cc2ccccc2)NC(=O)CN2CCN(CC(=O)O)CCN(CC(=O)O)CC2)CSSCC(C(=O)N[C@H](CO)[C@@H](C)O)NC1=O. The highest BCUT2D eigenvalue weighted by Gasteiger charge is 2.37. The Morgan fingerprint density at radius 3 is 1.69 bits per heavy atom. The molecule has 4 aromatic rings. The smallest absolute Gasteiger partial charge is 0.317 e. The molecule has 8 amide bonds. The number of hydrogen-bond donors (Lipinski definition) is 16. The van der Waals surface area contributed by atoms with E-state index < -0.39 is 132 Å². The minimum absolute atomic E-state index is 0.0182. The van der Waals surface area contributed by atoms with Crippen LogP contribution in [0.3, 0.4) is 0 Å². The molecule has 520 valence electrons. The van der Waals surface area contributed by atoms with E-state index in [9.17, 15) is 63.9 Å². The van der Waals surface area contributed by atoms with Gasteiger partial charge in [-0.15, -0.1) is 0 Å². The number of aliphatic hydroxyl groups is 3. The number of carbonyl (C=O) groups is 11. The van der Waals surface area contributed by atoms with Gasteiger partial charge in [-0.25, -0.2) is 0 Å². The zero-order valence-electron chi connectivity index (χ0n) is 53.3. The number of aliphatic carboxylic acids is 3. The number of aliphatic hydroxyl groups excluding tert-OH is 3. The predicted molar refractivity (Wildman–Crippen MR) is 354 cm³/mol. The van der Waals surface area contributed by atoms with E-state index in [4.69, 9.17) is 15.6 Å². The number of nitrogens with one attached hydrogen (secondary N) is 9. The van der Waals surface area contributed by atoms with Crippen LogP contribution in [0.1, 0.15) is 56.7 Å². The van der Waals surface area contributed by atoms with Gasteiger partial charge in [-0.1, -0.05) is 100 Å². The highest BCUT2D eigenvalue weighted by atomic mass is 33.1. The summed E-state index contributed by atoms with van der Waals surface area (Å²) in [5.41, 5.74) is 8.35. The molecule has 30 nitrogen and oxygen atoms in total. The van der Waals surface area contributed by atoms with E-state index in [1.165, 1.54) is 13.8 Å². The largest absolute Gasteiger partial charge is 0.481 e. The Morgan fingerprint density at radius 1 is 0.621 bits per heavy atom. The number of rotatable bonds is 24. The fourth-order valence-electron chi connectivity index (χ4n) is 10.3. The Kier molecular flexibility index (Phi) is 32.8. The number of aromatic nitrogens is 1. The Balaban J connectivity index is 0.00000397. The van der Waals surface area contributed by atoms with Crippen molar-refractivity contribution in [3.05, 3.63) is 108 Å². The van der Waals surface area contributed by atoms with Gasteiger partial charge in [0.25, 0.3) is 5.97 Å². The van der Waals surface area contributed by atoms with Crippen LogP contribution in [-0.4, -0.2) is 260 Å². The molecule has 3 heterocycles. The van der Waals surface area contributed by atoms with Gasteiger partial charge in [-0.05, 0) is 62.4 Å². The van der Waals surface area contributed by atoms with E-state index in [0.717, 1.165) is 39.4 Å². The van der Waals surface area contributed by atoms with Crippen molar-refractivity contribution in [1.82, 2.24) is 62.2 Å². The lowest BCUT2D eigenvalue weighted by Crippen LogP contribution is -2.62. The van der Waals surface area contributed by atoms with Crippen molar-refractivity contribution >= 4 is 97.7 Å². The molecule has 4 unspecified atom stereocenters. The molecule has 0 radical (unpaired) electrons. The number of carboxylic acid groups (broad SMARTS) is 3. The Bertz CT molecular complexity index is 3150. The first kappa shape index (κ1) is 77.5. The van der Waals surface area contributed by atoms with E-state index in [0.29, 0.717) is 29.5 Å². The van der Waals surface area contributed by atoms with Crippen LogP contribution in [0, 0.1) is 0 Å². The van der Waals surface area contributed by atoms with Gasteiger partial charge in [0.15, 0.2) is 0 Å². The van der Waals surface area contributed by atoms with Crippen molar-refractivity contribution in [2.24, 2.45) is 5.73 Å². The van der Waals surface area contributed by atoms with E-state index in [2.05, 4.69) is 47.5 Å². The zero-order chi connectivity index (χ0) is 69.6. The van der Waals surface area contributed by atoms with Gasteiger partial charge in [-0.2, -0.15) is 0 Å². The third-order valence-electron chi connectivity index (χ3n) is 15.4. The van der Waals surface area contributed by atoms with Crippen LogP contribution in [0.4, 0.5) is 0 Å². The van der Waals surface area contributed by atoms with E-state index in [-0.39, 0.29) is 103 Å². The normalized spacial score (nSPS) is 21.7. The second-order valence-corrected chi connectivity index (χ2v) is 25.7. The standard InChI is InChI=1S/C61H85N13O15S2.C2H4O2/c1-37(76)48(34-75)68-60(88)50-36-91-90-35-49(69-56(84)45(27-39-13-5-3-6-14-39)64-51(78)31-72-21-23-73(32-52(79)80)25-26-74(24-22-72)33-53(81)82)59(87)66-46(28-40-15-7-4-8-16-40)57(85)67-47(29-41-30-63-43-18-10-9-17-42(41)43)58(86)65-44(19-11-12-20-62)55(83)71-54(38(2)77)61(89)70-50;1-2(3)4/h3-10,13-18,30,37-38,44-50,54,63,75-77H,11-12,19-29,31-36,62H2,1-2H3,(H,64,78)(H,65,86)(H,66,87)(H,67,85)(H,68,88)(H,69,84)(H,70,89)(H,71,83)(H,79,80)(H,81,82);1H3,(H,3,4)/t37-,38-,44+,45-,46+,47?,48-,49?,50?,54?;/m1./s1. The summed E-state index contributed by atoms with van der Waals surface area (Å²) in [6.07, 6.45) is -0.864. The van der Waals surface area contributed by atoms with Crippen molar-refractivity contribution in [3.8, 4) is 0 Å². The van der Waals surface area contributed by atoms with Gasteiger partial charge in [0, 0.05) is 94.1 Å². The van der Waals surface area contributed by atoms with Gasteiger partial charge in [0.05, 0.1) is 44.5 Å². The van der Waals surface area contributed by atoms with Crippen LogP contribution in [-0.2, 0) is 72.0 Å². The van der Waals surface area contributed by atoms with Crippen LogP contribution in [0.5, 0.6) is 0 Å². The topological polar surface area (TPSA) is 457 Å². The highest BCUT2D eigenvalue weighted by Crippen LogP contribution is 2.25. The Labute approximate surface area is 557 Å². The first-order valence-electron chi connectivity index (χ1n) is 31.1. The third-order valence-corrected chi connectivity index (χ3v) is 17.9. The first-order chi connectivity index (χ1) is 45.3. The summed E-state index contributed by atoms with van der Waals surface area (Å²) in [6.45, 7) is 3.60. The van der Waals surface area contributed by atoms with Gasteiger partial charge in [0.1, 0.15) is 42.3 Å². The van der Waals surface area contributed by atoms with Crippen molar-refractivity contribution in [2.45, 2.75) is 120 Å². The molecule has 1 aromatic heterocycles. The van der Waals surface area contributed by atoms with Gasteiger partial charge >= 0.3 is 11.9 Å². The number of H-pyrrole nitrogens is 1. The number of carboxylic acids is 3. The summed E-state index contributed by atoms with van der Waals surface area (Å²) >= 11 is 0. The molecule has 32 heteroatoms. The maximum atomic E-state index is 15.2. The lowest BCUT2D eigenvalue weighted by Gasteiger charge is -2.29. The van der Waals surface area contributed by atoms with Gasteiger partial charge in [-0.3, -0.25) is 67.4 Å². The number of fused-ring (bicyclic) bond motifs is 1. The molecule has 6 rings (SSSR count). The maximum Gasteiger partial charge on any atom is 0.317 e. The van der Waals surface area contributed by atoms with Crippen LogP contribution in [0.15, 0.2) is 91.1 Å². The molecular weight excluding hydrogens is 1270 g/mol. The van der Waals surface area contributed by atoms with Crippen molar-refractivity contribution in [1.29, 1.82) is 0 Å². The van der Waals surface area contributed by atoms with Crippen LogP contribution in [0.2, 0.25) is 0 Å². The number of nitrogens with zero attached hydrogens (tertiary/aromatic N) is 3. The van der Waals surface area contributed by atoms with Crippen LogP contribution in [0.25, 0.3) is 10.9 Å². The quantitative estimate of drug-likeness (QED) is 0.0255. The van der Waals surface area contributed by atoms with Gasteiger partial charge < -0.3 is 83.9 Å². The molecular formula is C63H89N13O17S2. The molecule has 2 fully saturated rings. The molecule has 10 atom stereocenters. The van der Waals surface area contributed by atoms with E-state index >= 15 is 9.59 Å². The summed E-state index contributed by atoms with van der Waals surface area (Å²) in [6, 6.07) is 12.9. The van der Waals surface area contributed by atoms with E-state index in [1.807, 2.05) is 18.2 Å². The molecule has 2 aliphatic heterocycles. The van der Waals surface area contributed by atoms with E-state index in [1.54, 1.807) is 87.6 Å². The summed E-state index contributed by atoms with van der Waals surface area (Å²) in [5.74, 6) is -10.5. The molecule has 2 saturated heterocycles. The molecule has 95 heavy (non-hydrogen) atoms. The molecule has 0 saturated carbocycles. The molecule has 2 aliphatic rings. The van der Waals surface area contributed by atoms with Crippen LogP contribution >= 0.6 is 21.6 Å². The minimum atomic E-state index is -1.74. The number of carbonyl (C=O) groups excluding carboxylic acids is 8. The Hall–Kier alpha value is -8.21. The molecule has 0 bridgehead atoms. The van der Waals surface area contributed by atoms with Crippen molar-refractivity contribution < 1.29 is 83.4 Å². The molecule has 17 N–H and O–H groups in total.